The predicted molar refractivity (Wildman–Crippen MR) is 109 cm³/mol. The maximum absolute atomic E-state index is 11.8. The minimum Gasteiger partial charge on any atom is -0.294 e. The number of benzene rings is 1. The van der Waals surface area contributed by atoms with Crippen molar-refractivity contribution < 1.29 is 4.79 Å². The number of pyridine rings is 1. The SMILES string of the molecule is CCCC(CCC)n1nnc2cc(-c3cc(C)c(C(C)=O)c(C)c3)ncc21. The number of carbonyl (C=O) groups is 1. The van der Waals surface area contributed by atoms with E-state index in [0.29, 0.717) is 6.04 Å². The molecular formula is C22H28N4O. The molecule has 0 unspecified atom stereocenters. The van der Waals surface area contributed by atoms with Crippen LogP contribution in [0.2, 0.25) is 0 Å². The van der Waals surface area contributed by atoms with E-state index in [9.17, 15) is 4.79 Å². The predicted octanol–water partition coefficient (Wildman–Crippen LogP) is 5.45. The average molecular weight is 364 g/mol. The Bertz CT molecular complexity index is 945. The summed E-state index contributed by atoms with van der Waals surface area (Å²) in [5.74, 6) is 0.0980. The van der Waals surface area contributed by atoms with Gasteiger partial charge in [0, 0.05) is 11.1 Å². The second-order valence-corrected chi connectivity index (χ2v) is 7.36. The average Bonchev–Trinajstić information content (AvgIpc) is 3.03. The lowest BCUT2D eigenvalue weighted by Gasteiger charge is -2.16. The third-order valence-electron chi connectivity index (χ3n) is 5.13. The summed E-state index contributed by atoms with van der Waals surface area (Å²) < 4.78 is 2.04. The molecule has 0 aliphatic heterocycles. The van der Waals surface area contributed by atoms with Crippen LogP contribution in [0.25, 0.3) is 22.3 Å². The molecule has 0 amide bonds. The van der Waals surface area contributed by atoms with Crippen LogP contribution in [0.5, 0.6) is 0 Å². The molecular weight excluding hydrogens is 336 g/mol. The molecule has 5 heteroatoms. The van der Waals surface area contributed by atoms with Gasteiger partial charge in [-0.1, -0.05) is 31.9 Å². The van der Waals surface area contributed by atoms with E-state index in [4.69, 9.17) is 0 Å². The van der Waals surface area contributed by atoms with Gasteiger partial charge in [0.05, 0.1) is 17.9 Å². The van der Waals surface area contributed by atoms with Crippen LogP contribution in [-0.2, 0) is 0 Å². The van der Waals surface area contributed by atoms with Gasteiger partial charge in [-0.2, -0.15) is 0 Å². The molecule has 0 spiro atoms. The van der Waals surface area contributed by atoms with Crippen molar-refractivity contribution in [1.29, 1.82) is 0 Å². The number of nitrogens with zero attached hydrogens (tertiary/aromatic N) is 4. The zero-order chi connectivity index (χ0) is 19.6. The van der Waals surface area contributed by atoms with Gasteiger partial charge in [-0.3, -0.25) is 9.78 Å². The first-order chi connectivity index (χ1) is 13.0. The maximum atomic E-state index is 11.8. The van der Waals surface area contributed by atoms with Crippen molar-refractivity contribution in [1.82, 2.24) is 20.0 Å². The highest BCUT2D eigenvalue weighted by molar-refractivity contribution is 5.97. The van der Waals surface area contributed by atoms with Gasteiger partial charge in [0.2, 0.25) is 0 Å². The number of aromatic nitrogens is 4. The number of ketones is 1. The molecule has 0 fully saturated rings. The summed E-state index contributed by atoms with van der Waals surface area (Å²) in [5.41, 5.74) is 6.47. The standard InChI is InChI=1S/C22H28N4O/c1-6-8-18(9-7-2)26-21-13-23-19(12-20(21)24-25-26)17-10-14(3)22(16(5)27)15(4)11-17/h10-13,18H,6-9H2,1-5H3. The molecule has 3 aromatic rings. The number of hydrogen-bond acceptors (Lipinski definition) is 4. The Hall–Kier alpha value is -2.56. The Morgan fingerprint density at radius 1 is 1.07 bits per heavy atom. The first kappa shape index (κ1) is 19.2. The molecule has 142 valence electrons. The Labute approximate surface area is 160 Å². The third kappa shape index (κ3) is 3.77. The molecule has 0 saturated carbocycles. The summed E-state index contributed by atoms with van der Waals surface area (Å²) in [4.78, 5) is 16.5. The van der Waals surface area contributed by atoms with E-state index in [0.717, 1.165) is 64.7 Å². The molecule has 27 heavy (non-hydrogen) atoms. The van der Waals surface area contributed by atoms with Gasteiger partial charge in [0.15, 0.2) is 5.78 Å². The Morgan fingerprint density at radius 2 is 1.70 bits per heavy atom. The van der Waals surface area contributed by atoms with Crippen molar-refractivity contribution in [2.75, 3.05) is 0 Å². The molecule has 0 N–H and O–H groups in total. The summed E-state index contributed by atoms with van der Waals surface area (Å²) in [6.45, 7) is 9.96. The summed E-state index contributed by atoms with van der Waals surface area (Å²) in [7, 11) is 0. The zero-order valence-corrected chi connectivity index (χ0v) is 16.9. The van der Waals surface area contributed by atoms with E-state index in [1.807, 2.05) is 42.9 Å². The van der Waals surface area contributed by atoms with Crippen LogP contribution in [0.4, 0.5) is 0 Å². The monoisotopic (exact) mass is 364 g/mol. The molecule has 1 aromatic carbocycles. The van der Waals surface area contributed by atoms with Crippen molar-refractivity contribution in [2.24, 2.45) is 0 Å². The van der Waals surface area contributed by atoms with Crippen LogP contribution in [0.15, 0.2) is 24.4 Å². The Balaban J connectivity index is 2.02. The van der Waals surface area contributed by atoms with E-state index >= 15 is 0 Å². The first-order valence-electron chi connectivity index (χ1n) is 9.79. The minimum atomic E-state index is 0.0980. The first-order valence-corrected chi connectivity index (χ1v) is 9.79. The fourth-order valence-corrected chi connectivity index (χ4v) is 3.99. The number of Topliss-reactive ketones (excluding diaryl/α,β-unsaturated/α-hetero) is 1. The van der Waals surface area contributed by atoms with E-state index in [-0.39, 0.29) is 5.78 Å². The number of aryl methyl sites for hydroxylation is 2. The van der Waals surface area contributed by atoms with Crippen LogP contribution in [0.3, 0.4) is 0 Å². The van der Waals surface area contributed by atoms with Gasteiger partial charge in [0.1, 0.15) is 11.0 Å². The van der Waals surface area contributed by atoms with E-state index in [2.05, 4.69) is 29.1 Å². The van der Waals surface area contributed by atoms with Crippen molar-refractivity contribution in [2.45, 2.75) is 66.3 Å². The van der Waals surface area contributed by atoms with Crippen LogP contribution in [0.1, 0.15) is 74.0 Å². The molecule has 0 saturated heterocycles. The number of carbonyl (C=O) groups excluding carboxylic acids is 1. The number of rotatable bonds is 7. The molecule has 2 heterocycles. The quantitative estimate of drug-likeness (QED) is 0.523. The fraction of sp³-hybridized carbons (Fsp3) is 0.455. The molecule has 0 atom stereocenters. The lowest BCUT2D eigenvalue weighted by Crippen LogP contribution is -2.10. The van der Waals surface area contributed by atoms with Crippen LogP contribution in [0, 0.1) is 13.8 Å². The van der Waals surface area contributed by atoms with Gasteiger partial charge in [-0.15, -0.1) is 5.10 Å². The Morgan fingerprint density at radius 3 is 2.26 bits per heavy atom. The molecule has 3 rings (SSSR count). The highest BCUT2D eigenvalue weighted by Gasteiger charge is 2.16. The summed E-state index contributed by atoms with van der Waals surface area (Å²) >= 11 is 0. The van der Waals surface area contributed by atoms with Crippen molar-refractivity contribution in [3.05, 3.63) is 41.1 Å². The van der Waals surface area contributed by atoms with Gasteiger partial charge < -0.3 is 0 Å². The molecule has 2 aromatic heterocycles. The van der Waals surface area contributed by atoms with Crippen LogP contribution in [-0.4, -0.2) is 25.8 Å². The third-order valence-corrected chi connectivity index (χ3v) is 5.13. The van der Waals surface area contributed by atoms with Crippen molar-refractivity contribution in [3.8, 4) is 11.3 Å². The topological polar surface area (TPSA) is 60.7 Å². The van der Waals surface area contributed by atoms with Crippen LogP contribution < -0.4 is 0 Å². The van der Waals surface area contributed by atoms with Crippen molar-refractivity contribution >= 4 is 16.8 Å². The normalized spacial score (nSPS) is 11.5. The highest BCUT2D eigenvalue weighted by atomic mass is 16.1. The molecule has 5 nitrogen and oxygen atoms in total. The second-order valence-electron chi connectivity index (χ2n) is 7.36. The fourth-order valence-electron chi connectivity index (χ4n) is 3.99. The molecule has 0 aliphatic carbocycles. The van der Waals surface area contributed by atoms with Gasteiger partial charge in [0.25, 0.3) is 0 Å². The largest absolute Gasteiger partial charge is 0.294 e. The smallest absolute Gasteiger partial charge is 0.160 e. The van der Waals surface area contributed by atoms with Gasteiger partial charge >= 0.3 is 0 Å². The molecule has 0 radical (unpaired) electrons. The summed E-state index contributed by atoms with van der Waals surface area (Å²) in [6, 6.07) is 6.42. The second kappa shape index (κ2) is 7.99. The van der Waals surface area contributed by atoms with E-state index in [1.54, 1.807) is 6.92 Å². The number of fused-ring (bicyclic) bond motifs is 1. The van der Waals surface area contributed by atoms with Crippen molar-refractivity contribution in [3.63, 3.8) is 0 Å². The Kier molecular flexibility index (Phi) is 5.68. The van der Waals surface area contributed by atoms with Gasteiger partial charge in [-0.05, 0) is 62.9 Å². The molecule has 0 bridgehead atoms. The summed E-state index contributed by atoms with van der Waals surface area (Å²) in [6.07, 6.45) is 6.32. The van der Waals surface area contributed by atoms with E-state index in [1.165, 1.54) is 0 Å². The van der Waals surface area contributed by atoms with Crippen LogP contribution >= 0.6 is 0 Å². The lowest BCUT2D eigenvalue weighted by molar-refractivity contribution is 0.101. The minimum absolute atomic E-state index is 0.0980. The highest BCUT2D eigenvalue weighted by Crippen LogP contribution is 2.28. The molecule has 0 aliphatic rings. The lowest BCUT2D eigenvalue weighted by atomic mass is 9.95. The van der Waals surface area contributed by atoms with Gasteiger partial charge in [-0.25, -0.2) is 4.68 Å². The summed E-state index contributed by atoms with van der Waals surface area (Å²) in [5, 5.41) is 8.82. The van der Waals surface area contributed by atoms with E-state index < -0.39 is 0 Å². The maximum Gasteiger partial charge on any atom is 0.160 e. The number of hydrogen-bond donors (Lipinski definition) is 0. The zero-order valence-electron chi connectivity index (χ0n) is 16.9.